The smallest absolute Gasteiger partial charge is 0.0826 e. The van der Waals surface area contributed by atoms with Crippen LogP contribution in [0.5, 0.6) is 0 Å². The summed E-state index contributed by atoms with van der Waals surface area (Å²) in [5, 5.41) is 6.20. The summed E-state index contributed by atoms with van der Waals surface area (Å²) in [5.41, 5.74) is 1.33. The van der Waals surface area contributed by atoms with Crippen molar-refractivity contribution < 1.29 is 4.74 Å². The molecule has 3 heteroatoms. The topological polar surface area (TPSA) is 24.5 Å². The average Bonchev–Trinajstić information content (AvgIpc) is 2.52. The van der Waals surface area contributed by atoms with Crippen molar-refractivity contribution >= 4 is 10.8 Å². The number of benzene rings is 2. The van der Waals surface area contributed by atoms with E-state index in [9.17, 15) is 0 Å². The maximum atomic E-state index is 5.80. The van der Waals surface area contributed by atoms with Crippen molar-refractivity contribution in [3.63, 3.8) is 0 Å². The highest BCUT2D eigenvalue weighted by Gasteiger charge is 2.18. The van der Waals surface area contributed by atoms with Crippen molar-refractivity contribution in [3.8, 4) is 0 Å². The van der Waals surface area contributed by atoms with Crippen LogP contribution in [-0.4, -0.2) is 44.3 Å². The summed E-state index contributed by atoms with van der Waals surface area (Å²) in [4.78, 5) is 2.33. The molecule has 1 aliphatic heterocycles. The number of morpholine rings is 1. The van der Waals surface area contributed by atoms with Gasteiger partial charge in [0.2, 0.25) is 0 Å². The quantitative estimate of drug-likeness (QED) is 0.934. The fraction of sp³-hybridized carbons (Fsp3) is 0.444. The number of hydrogen-bond acceptors (Lipinski definition) is 3. The lowest BCUT2D eigenvalue weighted by Gasteiger charge is -2.31. The molecule has 2 aromatic carbocycles. The van der Waals surface area contributed by atoms with Gasteiger partial charge in [-0.15, -0.1) is 0 Å². The largest absolute Gasteiger partial charge is 0.374 e. The first-order valence-electron chi connectivity index (χ1n) is 7.74. The van der Waals surface area contributed by atoms with Crippen molar-refractivity contribution in [1.29, 1.82) is 0 Å². The summed E-state index contributed by atoms with van der Waals surface area (Å²) in [5.74, 6) is 0. The molecular formula is C18H24N2O. The molecule has 1 heterocycles. The lowest BCUT2D eigenvalue weighted by atomic mass is 10.0. The first kappa shape index (κ1) is 14.5. The first-order chi connectivity index (χ1) is 10.2. The summed E-state index contributed by atoms with van der Waals surface area (Å²) in [7, 11) is 2.16. The van der Waals surface area contributed by atoms with Crippen LogP contribution in [0.4, 0.5) is 0 Å². The van der Waals surface area contributed by atoms with Crippen LogP contribution in [0.2, 0.25) is 0 Å². The number of rotatable bonds is 4. The maximum Gasteiger partial charge on any atom is 0.0826 e. The molecule has 2 atom stereocenters. The van der Waals surface area contributed by atoms with Crippen LogP contribution in [0.3, 0.4) is 0 Å². The third kappa shape index (κ3) is 3.62. The second kappa shape index (κ2) is 6.56. The van der Waals surface area contributed by atoms with E-state index >= 15 is 0 Å². The summed E-state index contributed by atoms with van der Waals surface area (Å²) in [6.45, 7) is 6.01. The maximum absolute atomic E-state index is 5.80. The Labute approximate surface area is 126 Å². The molecule has 0 saturated carbocycles. The predicted octanol–water partition coefficient (Wildman–Crippen LogP) is 2.82. The molecule has 0 aliphatic carbocycles. The van der Waals surface area contributed by atoms with E-state index in [1.54, 1.807) is 0 Å². The van der Waals surface area contributed by atoms with Gasteiger partial charge in [0.1, 0.15) is 0 Å². The van der Waals surface area contributed by atoms with E-state index in [-0.39, 0.29) is 0 Å². The zero-order valence-corrected chi connectivity index (χ0v) is 12.9. The number of fused-ring (bicyclic) bond motifs is 1. The highest BCUT2D eigenvalue weighted by Crippen LogP contribution is 2.20. The molecule has 1 saturated heterocycles. The van der Waals surface area contributed by atoms with Crippen LogP contribution in [0.25, 0.3) is 10.8 Å². The summed E-state index contributed by atoms with van der Waals surface area (Å²) < 4.78 is 5.80. The Balaban J connectivity index is 1.62. The Morgan fingerprint density at radius 1 is 1.24 bits per heavy atom. The van der Waals surface area contributed by atoms with Crippen LogP contribution in [0.15, 0.2) is 42.5 Å². The molecule has 3 nitrogen and oxygen atoms in total. The van der Waals surface area contributed by atoms with Gasteiger partial charge in [-0.2, -0.15) is 0 Å². The summed E-state index contributed by atoms with van der Waals surface area (Å²) in [6.07, 6.45) is 0.298. The summed E-state index contributed by atoms with van der Waals surface area (Å²) in [6, 6.07) is 15.5. The Morgan fingerprint density at radius 3 is 2.86 bits per heavy atom. The van der Waals surface area contributed by atoms with Crippen molar-refractivity contribution in [3.05, 3.63) is 48.0 Å². The lowest BCUT2D eigenvalue weighted by Crippen LogP contribution is -2.45. The molecule has 0 amide bonds. The van der Waals surface area contributed by atoms with Gasteiger partial charge in [-0.25, -0.2) is 0 Å². The minimum atomic E-state index is 0.298. The number of nitrogens with one attached hydrogen (secondary N) is 1. The molecule has 1 aliphatic rings. The zero-order chi connectivity index (χ0) is 14.7. The van der Waals surface area contributed by atoms with Crippen molar-refractivity contribution in [2.24, 2.45) is 0 Å². The van der Waals surface area contributed by atoms with E-state index in [0.717, 1.165) is 26.2 Å². The van der Waals surface area contributed by atoms with E-state index in [1.807, 2.05) is 0 Å². The molecule has 2 aromatic rings. The number of likely N-dealkylation sites (N-methyl/N-ethyl adjacent to an activating group) is 1. The molecule has 2 unspecified atom stereocenters. The number of nitrogens with zero attached hydrogens (tertiary/aromatic N) is 1. The van der Waals surface area contributed by atoms with Gasteiger partial charge >= 0.3 is 0 Å². The van der Waals surface area contributed by atoms with Gasteiger partial charge in [0.25, 0.3) is 0 Å². The molecule has 0 radical (unpaired) electrons. The molecule has 112 valence electrons. The van der Waals surface area contributed by atoms with E-state index in [4.69, 9.17) is 4.74 Å². The average molecular weight is 284 g/mol. The minimum Gasteiger partial charge on any atom is -0.374 e. The third-order valence-corrected chi connectivity index (χ3v) is 4.27. The fourth-order valence-corrected chi connectivity index (χ4v) is 2.89. The number of ether oxygens (including phenoxy) is 1. The highest BCUT2D eigenvalue weighted by atomic mass is 16.5. The van der Waals surface area contributed by atoms with Gasteiger partial charge in [-0.3, -0.25) is 0 Å². The molecule has 0 bridgehead atoms. The zero-order valence-electron chi connectivity index (χ0n) is 12.9. The van der Waals surface area contributed by atoms with Gasteiger partial charge < -0.3 is 15.0 Å². The monoisotopic (exact) mass is 284 g/mol. The van der Waals surface area contributed by atoms with Crippen molar-refractivity contribution in [1.82, 2.24) is 10.2 Å². The van der Waals surface area contributed by atoms with E-state index < -0.39 is 0 Å². The molecular weight excluding hydrogens is 260 g/mol. The van der Waals surface area contributed by atoms with Crippen LogP contribution in [0.1, 0.15) is 18.5 Å². The summed E-state index contributed by atoms with van der Waals surface area (Å²) >= 11 is 0. The van der Waals surface area contributed by atoms with Gasteiger partial charge in [0.05, 0.1) is 12.7 Å². The van der Waals surface area contributed by atoms with Gasteiger partial charge in [-0.1, -0.05) is 36.4 Å². The van der Waals surface area contributed by atoms with E-state index in [2.05, 4.69) is 66.7 Å². The third-order valence-electron chi connectivity index (χ3n) is 4.27. The molecule has 1 N–H and O–H groups in total. The lowest BCUT2D eigenvalue weighted by molar-refractivity contribution is -0.0190. The van der Waals surface area contributed by atoms with E-state index in [0.29, 0.717) is 12.1 Å². The second-order valence-corrected chi connectivity index (χ2v) is 5.99. The number of hydrogen-bond donors (Lipinski definition) is 1. The van der Waals surface area contributed by atoms with Crippen molar-refractivity contribution in [2.75, 3.05) is 33.3 Å². The molecule has 3 rings (SSSR count). The van der Waals surface area contributed by atoms with E-state index in [1.165, 1.54) is 16.3 Å². The first-order valence-corrected chi connectivity index (χ1v) is 7.74. The Bertz CT molecular complexity index is 599. The minimum absolute atomic E-state index is 0.298. The molecule has 21 heavy (non-hydrogen) atoms. The van der Waals surface area contributed by atoms with Crippen molar-refractivity contribution in [2.45, 2.75) is 19.1 Å². The normalized spacial score (nSPS) is 21.5. The highest BCUT2D eigenvalue weighted by molar-refractivity contribution is 5.83. The van der Waals surface area contributed by atoms with Gasteiger partial charge in [0, 0.05) is 25.7 Å². The van der Waals surface area contributed by atoms with Gasteiger partial charge in [0.15, 0.2) is 0 Å². The molecule has 1 fully saturated rings. The Morgan fingerprint density at radius 2 is 2.05 bits per heavy atom. The molecule has 0 aromatic heterocycles. The Kier molecular flexibility index (Phi) is 4.54. The SMILES string of the molecule is CC(NCC1CN(C)CCO1)c1ccc2ccccc2c1. The van der Waals surface area contributed by atoms with Crippen LogP contribution in [0, 0.1) is 0 Å². The second-order valence-electron chi connectivity index (χ2n) is 5.99. The molecule has 0 spiro atoms. The predicted molar refractivity (Wildman–Crippen MR) is 87.6 cm³/mol. The standard InChI is InChI=1S/C18H24N2O/c1-14(19-12-18-13-20(2)9-10-21-18)16-8-7-15-5-3-4-6-17(15)11-16/h3-8,11,14,18-19H,9-10,12-13H2,1-2H3. The van der Waals surface area contributed by atoms with Gasteiger partial charge in [-0.05, 0) is 36.4 Å². The Hall–Kier alpha value is -1.42. The van der Waals surface area contributed by atoms with Crippen LogP contribution >= 0.6 is 0 Å². The fourth-order valence-electron chi connectivity index (χ4n) is 2.89. The van der Waals surface area contributed by atoms with Crippen LogP contribution in [-0.2, 0) is 4.74 Å². The van der Waals surface area contributed by atoms with Crippen LogP contribution < -0.4 is 5.32 Å².